The maximum absolute atomic E-state index is 12.5. The highest BCUT2D eigenvalue weighted by atomic mass is 35.5. The second kappa shape index (κ2) is 7.18. The van der Waals surface area contributed by atoms with E-state index in [0.717, 1.165) is 30.8 Å². The Kier molecular flexibility index (Phi) is 5.00. The van der Waals surface area contributed by atoms with Gasteiger partial charge in [-0.25, -0.2) is 0 Å². The van der Waals surface area contributed by atoms with Crippen LogP contribution in [0.15, 0.2) is 30.3 Å². The first kappa shape index (κ1) is 16.7. The van der Waals surface area contributed by atoms with Gasteiger partial charge in [-0.1, -0.05) is 18.5 Å². The fourth-order valence-electron chi connectivity index (χ4n) is 2.95. The SMILES string of the molecule is Cc1cc(Cl)ccc1Nc1ccc(C(=O)N2CCCC(C)C2)nn1. The summed E-state index contributed by atoms with van der Waals surface area (Å²) in [6, 6.07) is 9.10. The van der Waals surface area contributed by atoms with E-state index in [9.17, 15) is 4.79 Å². The van der Waals surface area contributed by atoms with Crippen LogP contribution in [0, 0.1) is 12.8 Å². The van der Waals surface area contributed by atoms with E-state index in [-0.39, 0.29) is 5.91 Å². The Labute approximate surface area is 147 Å². The number of piperidine rings is 1. The molecule has 1 fully saturated rings. The number of rotatable bonds is 3. The van der Waals surface area contributed by atoms with Gasteiger partial charge in [-0.3, -0.25) is 4.79 Å². The summed E-state index contributed by atoms with van der Waals surface area (Å²) in [5, 5.41) is 12.1. The molecule has 0 aliphatic carbocycles. The first-order valence-corrected chi connectivity index (χ1v) is 8.57. The van der Waals surface area contributed by atoms with Gasteiger partial charge >= 0.3 is 0 Å². The van der Waals surface area contributed by atoms with Gasteiger partial charge < -0.3 is 10.2 Å². The summed E-state index contributed by atoms with van der Waals surface area (Å²) in [4.78, 5) is 14.4. The molecule has 1 saturated heterocycles. The van der Waals surface area contributed by atoms with Crippen LogP contribution in [0.2, 0.25) is 5.02 Å². The molecule has 0 saturated carbocycles. The van der Waals surface area contributed by atoms with Crippen molar-refractivity contribution in [3.63, 3.8) is 0 Å². The number of amides is 1. The number of anilines is 2. The molecular weight excluding hydrogens is 324 g/mol. The molecule has 3 rings (SSSR count). The van der Waals surface area contributed by atoms with Crippen LogP contribution in [0.1, 0.15) is 35.8 Å². The van der Waals surface area contributed by atoms with Gasteiger partial charge in [0.2, 0.25) is 0 Å². The van der Waals surface area contributed by atoms with Crippen LogP contribution in [0.25, 0.3) is 0 Å². The number of aryl methyl sites for hydroxylation is 1. The number of hydrogen-bond donors (Lipinski definition) is 1. The van der Waals surface area contributed by atoms with E-state index in [4.69, 9.17) is 11.6 Å². The zero-order chi connectivity index (χ0) is 17.1. The lowest BCUT2D eigenvalue weighted by atomic mass is 10.00. The van der Waals surface area contributed by atoms with E-state index >= 15 is 0 Å². The van der Waals surface area contributed by atoms with Crippen LogP contribution in [0.5, 0.6) is 0 Å². The van der Waals surface area contributed by atoms with Gasteiger partial charge in [0.05, 0.1) is 0 Å². The Morgan fingerprint density at radius 1 is 1.29 bits per heavy atom. The van der Waals surface area contributed by atoms with Crippen molar-refractivity contribution in [3.05, 3.63) is 46.6 Å². The summed E-state index contributed by atoms with van der Waals surface area (Å²) < 4.78 is 0. The zero-order valence-corrected chi connectivity index (χ0v) is 14.7. The summed E-state index contributed by atoms with van der Waals surface area (Å²) in [5.41, 5.74) is 2.33. The molecule has 1 aliphatic heterocycles. The second-order valence-electron chi connectivity index (χ2n) is 6.39. The predicted molar refractivity (Wildman–Crippen MR) is 95.8 cm³/mol. The quantitative estimate of drug-likeness (QED) is 0.912. The monoisotopic (exact) mass is 344 g/mol. The molecule has 1 atom stereocenters. The third-order valence-corrected chi connectivity index (χ3v) is 4.51. The minimum absolute atomic E-state index is 0.0386. The number of halogens is 1. The van der Waals surface area contributed by atoms with E-state index in [1.165, 1.54) is 6.42 Å². The lowest BCUT2D eigenvalue weighted by molar-refractivity contribution is 0.0676. The lowest BCUT2D eigenvalue weighted by Gasteiger charge is -2.30. The fraction of sp³-hybridized carbons (Fsp3) is 0.389. The van der Waals surface area contributed by atoms with Crippen molar-refractivity contribution in [2.45, 2.75) is 26.7 Å². The summed E-state index contributed by atoms with van der Waals surface area (Å²) in [5.74, 6) is 1.11. The number of hydrogen-bond acceptors (Lipinski definition) is 4. The van der Waals surface area contributed by atoms with E-state index in [1.54, 1.807) is 12.1 Å². The molecule has 5 nitrogen and oxygen atoms in total. The van der Waals surface area contributed by atoms with Crippen LogP contribution in [0.3, 0.4) is 0 Å². The smallest absolute Gasteiger partial charge is 0.274 e. The Hall–Kier alpha value is -2.14. The molecular formula is C18H21ClN4O. The molecule has 126 valence electrons. The highest BCUT2D eigenvalue weighted by Crippen LogP contribution is 2.23. The first-order chi connectivity index (χ1) is 11.5. The highest BCUT2D eigenvalue weighted by molar-refractivity contribution is 6.30. The Balaban J connectivity index is 1.69. The number of carbonyl (C=O) groups is 1. The Morgan fingerprint density at radius 3 is 2.79 bits per heavy atom. The molecule has 24 heavy (non-hydrogen) atoms. The normalized spacial score (nSPS) is 17.6. The summed E-state index contributed by atoms with van der Waals surface area (Å²) in [6.45, 7) is 5.74. The van der Waals surface area contributed by atoms with Crippen molar-refractivity contribution in [3.8, 4) is 0 Å². The summed E-state index contributed by atoms with van der Waals surface area (Å²) >= 11 is 5.96. The van der Waals surface area contributed by atoms with Gasteiger partial charge in [0.25, 0.3) is 5.91 Å². The van der Waals surface area contributed by atoms with Gasteiger partial charge in [0, 0.05) is 23.8 Å². The molecule has 1 unspecified atom stereocenters. The predicted octanol–water partition coefficient (Wildman–Crippen LogP) is 4.05. The Morgan fingerprint density at radius 2 is 2.12 bits per heavy atom. The average molecular weight is 345 g/mol. The summed E-state index contributed by atoms with van der Waals surface area (Å²) in [7, 11) is 0. The van der Waals surface area contributed by atoms with Crippen LogP contribution in [-0.2, 0) is 0 Å². The van der Waals surface area contributed by atoms with E-state index in [2.05, 4.69) is 22.4 Å². The average Bonchev–Trinajstić information content (AvgIpc) is 2.57. The van der Waals surface area contributed by atoms with Crippen molar-refractivity contribution in [2.75, 3.05) is 18.4 Å². The molecule has 2 aromatic rings. The van der Waals surface area contributed by atoms with Crippen molar-refractivity contribution in [1.29, 1.82) is 0 Å². The largest absolute Gasteiger partial charge is 0.339 e. The highest BCUT2D eigenvalue weighted by Gasteiger charge is 2.23. The minimum atomic E-state index is -0.0386. The molecule has 1 amide bonds. The Bertz CT molecular complexity index is 732. The topological polar surface area (TPSA) is 58.1 Å². The first-order valence-electron chi connectivity index (χ1n) is 8.19. The second-order valence-corrected chi connectivity index (χ2v) is 6.82. The molecule has 0 spiro atoms. The van der Waals surface area contributed by atoms with Crippen LogP contribution in [-0.4, -0.2) is 34.1 Å². The van der Waals surface area contributed by atoms with Crippen LogP contribution in [0.4, 0.5) is 11.5 Å². The maximum atomic E-state index is 12.5. The van der Waals surface area contributed by atoms with Crippen LogP contribution >= 0.6 is 11.6 Å². The molecule has 0 radical (unpaired) electrons. The van der Waals surface area contributed by atoms with Crippen molar-refractivity contribution >= 4 is 29.0 Å². The molecule has 6 heteroatoms. The third kappa shape index (κ3) is 3.85. The third-order valence-electron chi connectivity index (χ3n) is 4.28. The van der Waals surface area contributed by atoms with Gasteiger partial charge in [0.15, 0.2) is 11.5 Å². The molecule has 1 N–H and O–H groups in total. The number of aromatic nitrogens is 2. The standard InChI is InChI=1S/C18H21ClN4O/c1-12-4-3-9-23(11-12)18(24)16-7-8-17(22-21-16)20-15-6-5-14(19)10-13(15)2/h5-8,10,12H,3-4,9,11H2,1-2H3,(H,20,22). The number of likely N-dealkylation sites (tertiary alicyclic amines) is 1. The van der Waals surface area contributed by atoms with E-state index < -0.39 is 0 Å². The molecule has 1 aliphatic rings. The van der Waals surface area contributed by atoms with E-state index in [0.29, 0.717) is 22.5 Å². The lowest BCUT2D eigenvalue weighted by Crippen LogP contribution is -2.39. The van der Waals surface area contributed by atoms with E-state index in [1.807, 2.05) is 30.0 Å². The van der Waals surface area contributed by atoms with Crippen molar-refractivity contribution < 1.29 is 4.79 Å². The maximum Gasteiger partial charge on any atom is 0.274 e. The van der Waals surface area contributed by atoms with Gasteiger partial charge in [-0.15, -0.1) is 10.2 Å². The zero-order valence-electron chi connectivity index (χ0n) is 13.9. The molecule has 1 aromatic carbocycles. The van der Waals surface area contributed by atoms with Gasteiger partial charge in [0.1, 0.15) is 0 Å². The molecule has 0 bridgehead atoms. The number of benzene rings is 1. The minimum Gasteiger partial charge on any atom is -0.339 e. The van der Waals surface area contributed by atoms with Crippen molar-refractivity contribution in [1.82, 2.24) is 15.1 Å². The van der Waals surface area contributed by atoms with Gasteiger partial charge in [-0.2, -0.15) is 0 Å². The molecule has 1 aromatic heterocycles. The fourth-order valence-corrected chi connectivity index (χ4v) is 3.18. The van der Waals surface area contributed by atoms with Gasteiger partial charge in [-0.05, 0) is 61.6 Å². The van der Waals surface area contributed by atoms with Crippen LogP contribution < -0.4 is 5.32 Å². The molecule has 2 heterocycles. The summed E-state index contributed by atoms with van der Waals surface area (Å²) in [6.07, 6.45) is 2.23. The van der Waals surface area contributed by atoms with Crippen molar-refractivity contribution in [2.24, 2.45) is 5.92 Å². The number of nitrogens with one attached hydrogen (secondary N) is 1. The number of carbonyl (C=O) groups excluding carboxylic acids is 1. The number of nitrogens with zero attached hydrogens (tertiary/aromatic N) is 3.